The summed E-state index contributed by atoms with van der Waals surface area (Å²) in [5, 5.41) is 3.45. The molecule has 1 heterocycles. The topological polar surface area (TPSA) is 30.5 Å². The molecule has 3 rings (SSSR count). The van der Waals surface area contributed by atoms with Gasteiger partial charge in [0, 0.05) is 12.6 Å². The van der Waals surface area contributed by atoms with E-state index < -0.39 is 0 Å². The third-order valence-electron chi connectivity index (χ3n) is 3.76. The van der Waals surface area contributed by atoms with Crippen molar-refractivity contribution in [3.63, 3.8) is 0 Å². The van der Waals surface area contributed by atoms with E-state index in [1.165, 1.54) is 24.0 Å². The van der Waals surface area contributed by atoms with Gasteiger partial charge in [0.1, 0.15) is 5.75 Å². The first-order valence-electron chi connectivity index (χ1n) is 7.47. The second kappa shape index (κ2) is 6.40. The lowest BCUT2D eigenvalue weighted by atomic mass is 10.0. The van der Waals surface area contributed by atoms with Gasteiger partial charge in [-0.25, -0.2) is 0 Å². The van der Waals surface area contributed by atoms with E-state index in [1.54, 1.807) is 0 Å². The van der Waals surface area contributed by atoms with Crippen molar-refractivity contribution in [3.05, 3.63) is 29.3 Å². The average molecular weight is 261 g/mol. The number of ether oxygens (including phenoxy) is 2. The predicted octanol–water partition coefficient (Wildman–Crippen LogP) is 2.32. The maximum atomic E-state index is 5.67. The summed E-state index contributed by atoms with van der Waals surface area (Å²) in [7, 11) is 0. The van der Waals surface area contributed by atoms with Crippen molar-refractivity contribution in [3.8, 4) is 5.75 Å². The van der Waals surface area contributed by atoms with Crippen molar-refractivity contribution < 1.29 is 9.47 Å². The molecule has 1 N–H and O–H groups in total. The molecular weight excluding hydrogens is 238 g/mol. The van der Waals surface area contributed by atoms with Crippen LogP contribution in [0.25, 0.3) is 0 Å². The summed E-state index contributed by atoms with van der Waals surface area (Å²) in [5.74, 6) is 1.07. The zero-order valence-electron chi connectivity index (χ0n) is 11.5. The lowest BCUT2D eigenvalue weighted by molar-refractivity contribution is 0.138. The molecule has 0 saturated heterocycles. The van der Waals surface area contributed by atoms with Crippen LogP contribution in [-0.2, 0) is 17.6 Å². The number of fused-ring (bicyclic) bond motifs is 1. The van der Waals surface area contributed by atoms with Crippen LogP contribution in [-0.4, -0.2) is 32.4 Å². The molecule has 1 aliphatic carbocycles. The minimum atomic E-state index is 0.782. The number of nitrogens with one attached hydrogen (secondary N) is 1. The highest BCUT2D eigenvalue weighted by Gasteiger charge is 2.19. The van der Waals surface area contributed by atoms with Gasteiger partial charge in [-0.2, -0.15) is 0 Å². The number of hydrogen-bond donors (Lipinski definition) is 1. The van der Waals surface area contributed by atoms with Crippen molar-refractivity contribution in [1.82, 2.24) is 5.32 Å². The molecule has 3 heteroatoms. The van der Waals surface area contributed by atoms with Gasteiger partial charge < -0.3 is 14.8 Å². The van der Waals surface area contributed by atoms with E-state index in [2.05, 4.69) is 23.5 Å². The number of aryl methyl sites for hydroxylation is 1. The minimum Gasteiger partial charge on any atom is -0.493 e. The quantitative estimate of drug-likeness (QED) is 0.764. The van der Waals surface area contributed by atoms with Crippen LogP contribution in [0.2, 0.25) is 0 Å². The molecule has 1 aromatic rings. The molecule has 1 fully saturated rings. The van der Waals surface area contributed by atoms with E-state index in [9.17, 15) is 0 Å². The van der Waals surface area contributed by atoms with Crippen molar-refractivity contribution >= 4 is 0 Å². The predicted molar refractivity (Wildman–Crippen MR) is 75.8 cm³/mol. The molecule has 0 aromatic heterocycles. The normalized spacial score (nSPS) is 17.9. The van der Waals surface area contributed by atoms with E-state index in [-0.39, 0.29) is 0 Å². The molecule has 104 valence electrons. The molecule has 1 saturated carbocycles. The maximum Gasteiger partial charge on any atom is 0.122 e. The van der Waals surface area contributed by atoms with Gasteiger partial charge in [-0.15, -0.1) is 0 Å². The number of benzene rings is 1. The maximum absolute atomic E-state index is 5.67. The Morgan fingerprint density at radius 1 is 1.26 bits per heavy atom. The fraction of sp³-hybridized carbons (Fsp3) is 0.625. The molecule has 0 unspecified atom stereocenters. The summed E-state index contributed by atoms with van der Waals surface area (Å²) < 4.78 is 11.3. The third kappa shape index (κ3) is 3.95. The van der Waals surface area contributed by atoms with E-state index in [0.29, 0.717) is 0 Å². The van der Waals surface area contributed by atoms with Gasteiger partial charge >= 0.3 is 0 Å². The highest BCUT2D eigenvalue weighted by molar-refractivity contribution is 5.38. The van der Waals surface area contributed by atoms with Crippen LogP contribution in [0.1, 0.15) is 30.4 Å². The summed E-state index contributed by atoms with van der Waals surface area (Å²) in [5.41, 5.74) is 2.72. The van der Waals surface area contributed by atoms with E-state index >= 15 is 0 Å². The second-order valence-corrected chi connectivity index (χ2v) is 5.48. The Morgan fingerprint density at radius 2 is 2.21 bits per heavy atom. The first-order chi connectivity index (χ1) is 9.42. The minimum absolute atomic E-state index is 0.782. The number of rotatable bonds is 7. The molecule has 2 aliphatic rings. The molecule has 3 nitrogen and oxygen atoms in total. The molecule has 0 spiro atoms. The highest BCUT2D eigenvalue weighted by atomic mass is 16.5. The van der Waals surface area contributed by atoms with Crippen molar-refractivity contribution in [2.24, 2.45) is 0 Å². The Labute approximate surface area is 115 Å². The molecule has 0 atom stereocenters. The Balaban J connectivity index is 1.37. The first kappa shape index (κ1) is 12.9. The molecule has 1 aromatic carbocycles. The largest absolute Gasteiger partial charge is 0.493 e. The van der Waals surface area contributed by atoms with E-state index in [0.717, 1.165) is 57.4 Å². The lowest BCUT2D eigenvalue weighted by Crippen LogP contribution is -2.22. The molecule has 0 radical (unpaired) electrons. The summed E-state index contributed by atoms with van der Waals surface area (Å²) in [6, 6.07) is 7.33. The molecule has 0 bridgehead atoms. The van der Waals surface area contributed by atoms with Crippen LogP contribution in [0.3, 0.4) is 0 Å². The zero-order chi connectivity index (χ0) is 12.9. The Kier molecular flexibility index (Phi) is 4.36. The second-order valence-electron chi connectivity index (χ2n) is 5.48. The SMILES string of the molecule is c1cc2c(cc1CCOCCNC1CC1)CCCO2. The van der Waals surface area contributed by atoms with Crippen LogP contribution in [0.5, 0.6) is 5.75 Å². The number of hydrogen-bond acceptors (Lipinski definition) is 3. The summed E-state index contributed by atoms with van der Waals surface area (Å²) in [6.07, 6.45) is 5.97. The van der Waals surface area contributed by atoms with Crippen molar-refractivity contribution in [1.29, 1.82) is 0 Å². The van der Waals surface area contributed by atoms with Crippen LogP contribution < -0.4 is 10.1 Å². The third-order valence-corrected chi connectivity index (χ3v) is 3.76. The van der Waals surface area contributed by atoms with Gasteiger partial charge in [0.05, 0.1) is 19.8 Å². The standard InChI is InChI=1S/C16H23NO2/c1-2-14-12-13(3-6-16(14)19-9-1)7-10-18-11-8-17-15-4-5-15/h3,6,12,15,17H,1-2,4-5,7-11H2. The van der Waals surface area contributed by atoms with E-state index in [4.69, 9.17) is 9.47 Å². The van der Waals surface area contributed by atoms with Gasteiger partial charge in [-0.05, 0) is 49.3 Å². The highest BCUT2D eigenvalue weighted by Crippen LogP contribution is 2.25. The van der Waals surface area contributed by atoms with Gasteiger partial charge in [0.25, 0.3) is 0 Å². The Hall–Kier alpha value is -1.06. The summed E-state index contributed by atoms with van der Waals surface area (Å²) >= 11 is 0. The monoisotopic (exact) mass is 261 g/mol. The fourth-order valence-corrected chi connectivity index (χ4v) is 2.48. The molecule has 1 aliphatic heterocycles. The first-order valence-corrected chi connectivity index (χ1v) is 7.47. The van der Waals surface area contributed by atoms with Crippen molar-refractivity contribution in [2.75, 3.05) is 26.4 Å². The Morgan fingerprint density at radius 3 is 3.11 bits per heavy atom. The average Bonchev–Trinajstić information content (AvgIpc) is 3.27. The summed E-state index contributed by atoms with van der Waals surface area (Å²) in [6.45, 7) is 3.49. The van der Waals surface area contributed by atoms with Crippen molar-refractivity contribution in [2.45, 2.75) is 38.1 Å². The summed E-state index contributed by atoms with van der Waals surface area (Å²) in [4.78, 5) is 0. The molecule has 19 heavy (non-hydrogen) atoms. The molecular formula is C16H23NO2. The fourth-order valence-electron chi connectivity index (χ4n) is 2.48. The van der Waals surface area contributed by atoms with Crippen LogP contribution in [0.15, 0.2) is 18.2 Å². The van der Waals surface area contributed by atoms with E-state index in [1.807, 2.05) is 0 Å². The van der Waals surface area contributed by atoms with Gasteiger partial charge in [0.2, 0.25) is 0 Å². The Bertz CT molecular complexity index is 415. The van der Waals surface area contributed by atoms with Gasteiger partial charge in [-0.1, -0.05) is 12.1 Å². The smallest absolute Gasteiger partial charge is 0.122 e. The zero-order valence-corrected chi connectivity index (χ0v) is 11.5. The van der Waals surface area contributed by atoms with Gasteiger partial charge in [0.15, 0.2) is 0 Å². The van der Waals surface area contributed by atoms with Crippen LogP contribution in [0.4, 0.5) is 0 Å². The van der Waals surface area contributed by atoms with Crippen LogP contribution in [0, 0.1) is 0 Å². The van der Waals surface area contributed by atoms with Gasteiger partial charge in [-0.3, -0.25) is 0 Å². The molecule has 0 amide bonds. The van der Waals surface area contributed by atoms with Crippen LogP contribution >= 0.6 is 0 Å². The lowest BCUT2D eigenvalue weighted by Gasteiger charge is -2.17.